The van der Waals surface area contributed by atoms with Crippen molar-refractivity contribution in [1.82, 2.24) is 10.3 Å². The molecule has 1 aromatic carbocycles. The summed E-state index contributed by atoms with van der Waals surface area (Å²) in [6.45, 7) is 5.91. The van der Waals surface area contributed by atoms with Gasteiger partial charge in [0.25, 0.3) is 0 Å². The lowest BCUT2D eigenvalue weighted by Gasteiger charge is -2.18. The minimum Gasteiger partial charge on any atom is -0.312 e. The zero-order chi connectivity index (χ0) is 16.2. The summed E-state index contributed by atoms with van der Waals surface area (Å²) >= 11 is 1.72. The third-order valence-electron chi connectivity index (χ3n) is 4.27. The Labute approximate surface area is 141 Å². The van der Waals surface area contributed by atoms with Gasteiger partial charge >= 0.3 is 0 Å². The summed E-state index contributed by atoms with van der Waals surface area (Å²) in [4.78, 5) is 18.2. The molecule has 1 fully saturated rings. The van der Waals surface area contributed by atoms with Crippen LogP contribution in [-0.4, -0.2) is 17.4 Å². The highest BCUT2D eigenvalue weighted by Gasteiger charge is 2.21. The van der Waals surface area contributed by atoms with E-state index in [4.69, 9.17) is 0 Å². The Kier molecular flexibility index (Phi) is 5.08. The van der Waals surface area contributed by atoms with Crippen LogP contribution < -0.4 is 10.2 Å². The van der Waals surface area contributed by atoms with Gasteiger partial charge in [0.15, 0.2) is 0 Å². The number of nitrogens with one attached hydrogen (secondary N) is 1. The van der Waals surface area contributed by atoms with Gasteiger partial charge in [-0.15, -0.1) is 11.3 Å². The van der Waals surface area contributed by atoms with Crippen LogP contribution in [0.25, 0.3) is 0 Å². The summed E-state index contributed by atoms with van der Waals surface area (Å²) in [5, 5.41) is 6.83. The molecule has 1 saturated heterocycles. The van der Waals surface area contributed by atoms with Crippen molar-refractivity contribution in [2.75, 3.05) is 11.4 Å². The van der Waals surface area contributed by atoms with Crippen LogP contribution in [0, 0.1) is 0 Å². The van der Waals surface area contributed by atoms with Crippen LogP contribution in [0.3, 0.4) is 0 Å². The topological polar surface area (TPSA) is 45.2 Å². The van der Waals surface area contributed by atoms with Crippen molar-refractivity contribution in [1.29, 1.82) is 0 Å². The number of aryl methyl sites for hydroxylation is 1. The molecular weight excluding hydrogens is 306 g/mol. The van der Waals surface area contributed by atoms with Crippen molar-refractivity contribution in [3.8, 4) is 0 Å². The lowest BCUT2D eigenvalue weighted by atomic mass is 10.1. The highest BCUT2D eigenvalue weighted by molar-refractivity contribution is 7.09. The van der Waals surface area contributed by atoms with Gasteiger partial charge in [0.2, 0.25) is 5.91 Å². The van der Waals surface area contributed by atoms with Crippen molar-refractivity contribution < 1.29 is 4.79 Å². The van der Waals surface area contributed by atoms with E-state index in [0.717, 1.165) is 37.3 Å². The molecule has 23 heavy (non-hydrogen) atoms. The number of amides is 1. The fourth-order valence-electron chi connectivity index (χ4n) is 2.83. The zero-order valence-corrected chi connectivity index (χ0v) is 14.5. The van der Waals surface area contributed by atoms with Crippen LogP contribution in [0.1, 0.15) is 49.0 Å². The van der Waals surface area contributed by atoms with Gasteiger partial charge in [-0.2, -0.15) is 0 Å². The maximum atomic E-state index is 11.8. The predicted octanol–water partition coefficient (Wildman–Crippen LogP) is 3.68. The third kappa shape index (κ3) is 3.79. The fraction of sp³-hybridized carbons (Fsp3) is 0.444. The van der Waals surface area contributed by atoms with E-state index in [0.29, 0.717) is 6.42 Å². The molecule has 122 valence electrons. The first-order chi connectivity index (χ1) is 11.2. The van der Waals surface area contributed by atoms with E-state index >= 15 is 0 Å². The van der Waals surface area contributed by atoms with Gasteiger partial charge in [0.05, 0.1) is 10.7 Å². The van der Waals surface area contributed by atoms with E-state index in [9.17, 15) is 4.79 Å². The quantitative estimate of drug-likeness (QED) is 0.879. The summed E-state index contributed by atoms with van der Waals surface area (Å²) in [5.41, 5.74) is 3.35. The van der Waals surface area contributed by atoms with Crippen molar-refractivity contribution in [3.05, 3.63) is 45.9 Å². The Balaban J connectivity index is 1.58. The molecule has 0 radical (unpaired) electrons. The Morgan fingerprint density at radius 3 is 2.74 bits per heavy atom. The molecule has 0 aliphatic carbocycles. The van der Waals surface area contributed by atoms with E-state index in [-0.39, 0.29) is 11.9 Å². The molecule has 1 amide bonds. The van der Waals surface area contributed by atoms with Crippen LogP contribution in [0.15, 0.2) is 29.6 Å². The second-order valence-corrected chi connectivity index (χ2v) is 6.87. The summed E-state index contributed by atoms with van der Waals surface area (Å²) in [6.07, 6.45) is 2.63. The average Bonchev–Trinajstić information content (AvgIpc) is 3.21. The molecule has 1 aliphatic heterocycles. The number of carbonyl (C=O) groups is 1. The molecule has 5 heteroatoms. The van der Waals surface area contributed by atoms with E-state index in [1.54, 1.807) is 11.3 Å². The van der Waals surface area contributed by atoms with Gasteiger partial charge in [0, 0.05) is 36.6 Å². The third-order valence-corrected chi connectivity index (χ3v) is 5.31. The molecule has 2 aromatic rings. The van der Waals surface area contributed by atoms with Crippen LogP contribution in [0.5, 0.6) is 0 Å². The minimum absolute atomic E-state index is 0.235. The smallest absolute Gasteiger partial charge is 0.227 e. The van der Waals surface area contributed by atoms with Crippen molar-refractivity contribution in [3.63, 3.8) is 0 Å². The second-order valence-electron chi connectivity index (χ2n) is 5.93. The Bertz CT molecular complexity index is 665. The van der Waals surface area contributed by atoms with Gasteiger partial charge < -0.3 is 10.2 Å². The van der Waals surface area contributed by atoms with Crippen LogP contribution >= 0.6 is 11.3 Å². The number of carbonyl (C=O) groups excluding carboxylic acids is 1. The molecule has 1 N–H and O–H groups in total. The molecule has 2 heterocycles. The summed E-state index contributed by atoms with van der Waals surface area (Å²) in [5.74, 6) is 0.235. The highest BCUT2D eigenvalue weighted by atomic mass is 32.1. The van der Waals surface area contributed by atoms with Gasteiger partial charge in [-0.25, -0.2) is 4.98 Å². The van der Waals surface area contributed by atoms with Gasteiger partial charge in [-0.1, -0.05) is 19.1 Å². The van der Waals surface area contributed by atoms with Crippen LogP contribution in [-0.2, 0) is 17.8 Å². The average molecular weight is 329 g/mol. The second kappa shape index (κ2) is 7.23. The van der Waals surface area contributed by atoms with E-state index in [1.807, 2.05) is 4.90 Å². The molecular formula is C18H23N3OS. The van der Waals surface area contributed by atoms with Gasteiger partial charge in [-0.3, -0.25) is 4.79 Å². The lowest BCUT2D eigenvalue weighted by molar-refractivity contribution is -0.117. The molecule has 1 aliphatic rings. The number of thiazole rings is 1. The number of rotatable bonds is 6. The summed E-state index contributed by atoms with van der Waals surface area (Å²) in [7, 11) is 0. The molecule has 1 aromatic heterocycles. The minimum atomic E-state index is 0.235. The SMILES string of the molecule is CCc1nc(CN[C@@H](C)c2ccc(N3CCCC3=O)cc2)cs1. The lowest BCUT2D eigenvalue weighted by Crippen LogP contribution is -2.23. The number of nitrogens with zero attached hydrogens (tertiary/aromatic N) is 2. The first-order valence-corrected chi connectivity index (χ1v) is 9.12. The maximum Gasteiger partial charge on any atom is 0.227 e. The first kappa shape index (κ1) is 16.1. The van der Waals surface area contributed by atoms with Crippen molar-refractivity contribution in [2.45, 2.75) is 45.7 Å². The van der Waals surface area contributed by atoms with Crippen LogP contribution in [0.2, 0.25) is 0 Å². The number of benzene rings is 1. The Hall–Kier alpha value is -1.72. The van der Waals surface area contributed by atoms with E-state index < -0.39 is 0 Å². The molecule has 0 bridgehead atoms. The normalized spacial score (nSPS) is 16.1. The Morgan fingerprint density at radius 2 is 2.13 bits per heavy atom. The standard InChI is InChI=1S/C18H23N3OS/c1-3-17-20-15(12-23-17)11-19-13(2)14-6-8-16(9-7-14)21-10-4-5-18(21)22/h6-9,12-13,19H,3-5,10-11H2,1-2H3/t13-/m0/s1. The fourth-order valence-corrected chi connectivity index (χ4v) is 3.58. The predicted molar refractivity (Wildman–Crippen MR) is 94.8 cm³/mol. The van der Waals surface area contributed by atoms with Gasteiger partial charge in [0.1, 0.15) is 0 Å². The number of aromatic nitrogens is 1. The van der Waals surface area contributed by atoms with E-state index in [1.165, 1.54) is 10.6 Å². The van der Waals surface area contributed by atoms with Gasteiger partial charge in [-0.05, 0) is 37.5 Å². The molecule has 1 atom stereocenters. The number of hydrogen-bond donors (Lipinski definition) is 1. The zero-order valence-electron chi connectivity index (χ0n) is 13.7. The maximum absolute atomic E-state index is 11.8. The largest absolute Gasteiger partial charge is 0.312 e. The van der Waals surface area contributed by atoms with Crippen molar-refractivity contribution in [2.24, 2.45) is 0 Å². The molecule has 4 nitrogen and oxygen atoms in total. The van der Waals surface area contributed by atoms with E-state index in [2.05, 4.69) is 53.8 Å². The first-order valence-electron chi connectivity index (χ1n) is 8.24. The number of anilines is 1. The molecule has 0 spiro atoms. The summed E-state index contributed by atoms with van der Waals surface area (Å²) in [6, 6.07) is 8.57. The molecule has 0 unspecified atom stereocenters. The highest BCUT2D eigenvalue weighted by Crippen LogP contribution is 2.23. The summed E-state index contributed by atoms with van der Waals surface area (Å²) < 4.78 is 0. The molecule has 3 rings (SSSR count). The monoisotopic (exact) mass is 329 g/mol. The number of hydrogen-bond acceptors (Lipinski definition) is 4. The Morgan fingerprint density at radius 1 is 1.35 bits per heavy atom. The molecule has 0 saturated carbocycles. The van der Waals surface area contributed by atoms with Crippen LogP contribution in [0.4, 0.5) is 5.69 Å². The van der Waals surface area contributed by atoms with Crippen molar-refractivity contribution >= 4 is 22.9 Å².